The van der Waals surface area contributed by atoms with Crippen LogP contribution in [0.5, 0.6) is 0 Å². The van der Waals surface area contributed by atoms with Crippen LogP contribution >= 0.6 is 12.4 Å². The summed E-state index contributed by atoms with van der Waals surface area (Å²) in [5, 5.41) is 2.63. The number of nitrogens with two attached hydrogens (primary N) is 1. The van der Waals surface area contributed by atoms with Gasteiger partial charge in [0.2, 0.25) is 0 Å². The van der Waals surface area contributed by atoms with Crippen molar-refractivity contribution in [3.05, 3.63) is 35.1 Å². The third kappa shape index (κ3) is 4.57. The van der Waals surface area contributed by atoms with Gasteiger partial charge in [0, 0.05) is 6.04 Å². The van der Waals surface area contributed by atoms with Crippen LogP contribution in [0.25, 0.3) is 0 Å². The largest absolute Gasteiger partial charge is 0.419 e. The molecule has 0 saturated heterocycles. The second kappa shape index (κ2) is 7.97. The normalized spacial score (nSPS) is 21.4. The molecule has 3 N–H and O–H groups in total. The Hall–Kier alpha value is -1.34. The number of carbonyl (C=O) groups is 1. The van der Waals surface area contributed by atoms with Crippen molar-refractivity contribution >= 4 is 18.3 Å². The fourth-order valence-corrected chi connectivity index (χ4v) is 2.85. The topological polar surface area (TPSA) is 55.1 Å². The number of halogens is 5. The van der Waals surface area contributed by atoms with Gasteiger partial charge in [-0.3, -0.25) is 4.79 Å². The summed E-state index contributed by atoms with van der Waals surface area (Å²) in [6, 6.07) is 2.48. The number of alkyl halides is 3. The van der Waals surface area contributed by atoms with E-state index in [4.69, 9.17) is 5.73 Å². The van der Waals surface area contributed by atoms with E-state index in [0.29, 0.717) is 19.0 Å². The van der Waals surface area contributed by atoms with Gasteiger partial charge in [0.15, 0.2) is 0 Å². The summed E-state index contributed by atoms with van der Waals surface area (Å²) in [6.45, 7) is 0.385. The summed E-state index contributed by atoms with van der Waals surface area (Å²) in [5.74, 6) is -2.28. The predicted molar refractivity (Wildman–Crippen MR) is 80.9 cm³/mol. The monoisotopic (exact) mass is 354 g/mol. The van der Waals surface area contributed by atoms with E-state index in [1.807, 2.05) is 0 Å². The molecule has 1 aliphatic carbocycles. The predicted octanol–water partition coefficient (Wildman–Crippen LogP) is 3.51. The van der Waals surface area contributed by atoms with E-state index >= 15 is 0 Å². The molecule has 130 valence electrons. The fourth-order valence-electron chi connectivity index (χ4n) is 2.85. The molecule has 1 aromatic rings. The van der Waals surface area contributed by atoms with E-state index < -0.39 is 29.0 Å². The van der Waals surface area contributed by atoms with Gasteiger partial charge in [-0.25, -0.2) is 4.39 Å². The van der Waals surface area contributed by atoms with E-state index in [1.54, 1.807) is 0 Å². The van der Waals surface area contributed by atoms with E-state index in [2.05, 4.69) is 5.32 Å². The fraction of sp³-hybridized carbons (Fsp3) is 0.533. The van der Waals surface area contributed by atoms with Gasteiger partial charge < -0.3 is 11.1 Å². The van der Waals surface area contributed by atoms with Crippen molar-refractivity contribution in [2.75, 3.05) is 6.54 Å². The molecule has 1 saturated carbocycles. The molecule has 1 amide bonds. The highest BCUT2D eigenvalue weighted by Gasteiger charge is 2.36. The zero-order valence-corrected chi connectivity index (χ0v) is 13.1. The second-order valence-electron chi connectivity index (χ2n) is 5.53. The highest BCUT2D eigenvalue weighted by Crippen LogP contribution is 2.32. The first-order valence-electron chi connectivity index (χ1n) is 7.21. The molecule has 0 aromatic heterocycles. The summed E-state index contributed by atoms with van der Waals surface area (Å²) in [5.41, 5.74) is 3.63. The molecule has 3 nitrogen and oxygen atoms in total. The Kier molecular flexibility index (Phi) is 6.83. The standard InChI is InChI=1S/C15H18F4N2O.ClH/c16-13-10(5-3-6-11(13)15(17,18)19)14(22)21-12-7-2-1-4-9(12)8-20;/h3,5-6,9,12H,1-2,4,7-8,20H2,(H,21,22);1H. The van der Waals surface area contributed by atoms with Crippen LogP contribution < -0.4 is 11.1 Å². The molecular weight excluding hydrogens is 336 g/mol. The van der Waals surface area contributed by atoms with Crippen molar-refractivity contribution in [3.8, 4) is 0 Å². The molecule has 8 heteroatoms. The smallest absolute Gasteiger partial charge is 0.349 e. The van der Waals surface area contributed by atoms with E-state index in [9.17, 15) is 22.4 Å². The number of hydrogen-bond acceptors (Lipinski definition) is 2. The third-order valence-corrected chi connectivity index (χ3v) is 4.08. The summed E-state index contributed by atoms with van der Waals surface area (Å²) in [6.07, 6.45) is -1.36. The number of nitrogens with one attached hydrogen (secondary N) is 1. The van der Waals surface area contributed by atoms with Crippen LogP contribution in [0.15, 0.2) is 18.2 Å². The van der Waals surface area contributed by atoms with Crippen molar-refractivity contribution in [1.29, 1.82) is 0 Å². The van der Waals surface area contributed by atoms with Crippen molar-refractivity contribution in [1.82, 2.24) is 5.32 Å². The molecule has 1 fully saturated rings. The SMILES string of the molecule is Cl.NCC1CCCCC1NC(=O)c1cccc(C(F)(F)F)c1F. The maximum atomic E-state index is 13.9. The Balaban J connectivity index is 0.00000264. The molecule has 23 heavy (non-hydrogen) atoms. The first-order chi connectivity index (χ1) is 10.3. The van der Waals surface area contributed by atoms with Crippen molar-refractivity contribution in [2.24, 2.45) is 11.7 Å². The Bertz CT molecular complexity index is 551. The van der Waals surface area contributed by atoms with Gasteiger partial charge in [-0.15, -0.1) is 12.4 Å². The minimum absolute atomic E-state index is 0. The Morgan fingerprint density at radius 1 is 1.26 bits per heavy atom. The van der Waals surface area contributed by atoms with Crippen LogP contribution in [-0.4, -0.2) is 18.5 Å². The number of benzene rings is 1. The molecule has 2 atom stereocenters. The Morgan fingerprint density at radius 2 is 1.91 bits per heavy atom. The summed E-state index contributed by atoms with van der Waals surface area (Å²) >= 11 is 0. The van der Waals surface area contributed by atoms with Crippen LogP contribution in [0.2, 0.25) is 0 Å². The molecule has 0 heterocycles. The minimum Gasteiger partial charge on any atom is -0.349 e. The van der Waals surface area contributed by atoms with Gasteiger partial charge in [-0.1, -0.05) is 18.9 Å². The Labute approximate surface area is 138 Å². The van der Waals surface area contributed by atoms with Crippen LogP contribution in [0, 0.1) is 11.7 Å². The van der Waals surface area contributed by atoms with E-state index in [-0.39, 0.29) is 24.4 Å². The number of hydrogen-bond donors (Lipinski definition) is 2. The van der Waals surface area contributed by atoms with Crippen molar-refractivity contribution in [3.63, 3.8) is 0 Å². The lowest BCUT2D eigenvalue weighted by molar-refractivity contribution is -0.140. The minimum atomic E-state index is -4.83. The van der Waals surface area contributed by atoms with Crippen LogP contribution in [0.4, 0.5) is 17.6 Å². The molecule has 0 spiro atoms. The zero-order valence-electron chi connectivity index (χ0n) is 12.3. The first-order valence-corrected chi connectivity index (χ1v) is 7.21. The van der Waals surface area contributed by atoms with Crippen molar-refractivity contribution in [2.45, 2.75) is 37.9 Å². The van der Waals surface area contributed by atoms with Gasteiger partial charge in [0.25, 0.3) is 5.91 Å². The van der Waals surface area contributed by atoms with Crippen molar-refractivity contribution < 1.29 is 22.4 Å². The van der Waals surface area contributed by atoms with Crippen LogP contribution in [0.3, 0.4) is 0 Å². The second-order valence-corrected chi connectivity index (χ2v) is 5.53. The van der Waals surface area contributed by atoms with Gasteiger partial charge in [0.1, 0.15) is 5.82 Å². The van der Waals surface area contributed by atoms with Gasteiger partial charge in [-0.05, 0) is 37.4 Å². The molecule has 1 aliphatic rings. The van der Waals surface area contributed by atoms with Crippen LogP contribution in [0.1, 0.15) is 41.6 Å². The third-order valence-electron chi connectivity index (χ3n) is 4.08. The van der Waals surface area contributed by atoms with Gasteiger partial charge in [0.05, 0.1) is 11.1 Å². The average molecular weight is 355 g/mol. The first kappa shape index (κ1) is 19.7. The maximum Gasteiger partial charge on any atom is 0.419 e. The number of carbonyl (C=O) groups excluding carboxylic acids is 1. The average Bonchev–Trinajstić information content (AvgIpc) is 2.46. The maximum absolute atomic E-state index is 13.9. The summed E-state index contributed by atoms with van der Waals surface area (Å²) in [4.78, 5) is 12.1. The Morgan fingerprint density at radius 3 is 2.52 bits per heavy atom. The van der Waals surface area contributed by atoms with E-state index in [0.717, 1.165) is 31.4 Å². The number of rotatable bonds is 3. The van der Waals surface area contributed by atoms with E-state index in [1.165, 1.54) is 0 Å². The molecule has 0 radical (unpaired) electrons. The van der Waals surface area contributed by atoms with Gasteiger partial charge >= 0.3 is 6.18 Å². The lowest BCUT2D eigenvalue weighted by Gasteiger charge is -2.31. The summed E-state index contributed by atoms with van der Waals surface area (Å²) in [7, 11) is 0. The highest BCUT2D eigenvalue weighted by molar-refractivity contribution is 5.95. The molecule has 0 bridgehead atoms. The molecular formula is C15H19ClF4N2O. The molecule has 1 aromatic carbocycles. The quantitative estimate of drug-likeness (QED) is 0.816. The van der Waals surface area contributed by atoms with Crippen LogP contribution in [-0.2, 0) is 6.18 Å². The van der Waals surface area contributed by atoms with Gasteiger partial charge in [-0.2, -0.15) is 13.2 Å². The highest BCUT2D eigenvalue weighted by atomic mass is 35.5. The number of amides is 1. The lowest BCUT2D eigenvalue weighted by atomic mass is 9.84. The molecule has 0 aliphatic heterocycles. The lowest BCUT2D eigenvalue weighted by Crippen LogP contribution is -2.45. The summed E-state index contributed by atoms with van der Waals surface area (Å²) < 4.78 is 52.0. The molecule has 2 rings (SSSR count). The molecule has 2 unspecified atom stereocenters. The zero-order chi connectivity index (χ0) is 16.3.